The number of aromatic nitrogens is 1. The zero-order chi connectivity index (χ0) is 17.6. The van der Waals surface area contributed by atoms with Crippen LogP contribution in [0.1, 0.15) is 28.0 Å². The Balaban J connectivity index is 1.58. The molecule has 0 spiro atoms. The van der Waals surface area contributed by atoms with E-state index in [1.807, 2.05) is 0 Å². The van der Waals surface area contributed by atoms with E-state index in [4.69, 9.17) is 11.6 Å². The summed E-state index contributed by atoms with van der Waals surface area (Å²) in [6, 6.07) is 8.70. The molecule has 1 aliphatic rings. The van der Waals surface area contributed by atoms with E-state index in [1.165, 1.54) is 30.3 Å². The smallest absolute Gasteiger partial charge is 0.256 e. The van der Waals surface area contributed by atoms with Crippen molar-refractivity contribution in [2.45, 2.75) is 25.3 Å². The highest BCUT2D eigenvalue weighted by molar-refractivity contribution is 6.33. The Morgan fingerprint density at radius 3 is 2.88 bits per heavy atom. The predicted octanol–water partition coefficient (Wildman–Crippen LogP) is 4.39. The number of amides is 1. The monoisotopic (exact) mass is 360 g/mol. The van der Waals surface area contributed by atoms with Crippen molar-refractivity contribution in [3.8, 4) is 0 Å². The standard InChI is InChI=1S/C19H15ClF2N2O/c20-14-2-1-3-15(22)18(14)19(25)23-11-5-7-16-13(9-11)12-6-4-10(21)8-17(12)24-16/h1-4,6,8,11,24H,5,7,9H2,(H,23,25). The molecule has 2 aromatic carbocycles. The van der Waals surface area contributed by atoms with Crippen molar-refractivity contribution in [1.82, 2.24) is 10.3 Å². The highest BCUT2D eigenvalue weighted by Gasteiger charge is 2.25. The lowest BCUT2D eigenvalue weighted by atomic mass is 9.91. The van der Waals surface area contributed by atoms with Gasteiger partial charge in [-0.15, -0.1) is 0 Å². The van der Waals surface area contributed by atoms with Crippen LogP contribution in [0.4, 0.5) is 8.78 Å². The minimum Gasteiger partial charge on any atom is -0.358 e. The summed E-state index contributed by atoms with van der Waals surface area (Å²) in [6.45, 7) is 0. The van der Waals surface area contributed by atoms with Crippen LogP contribution in [-0.2, 0) is 12.8 Å². The second-order valence-corrected chi connectivity index (χ2v) is 6.69. The van der Waals surface area contributed by atoms with Gasteiger partial charge < -0.3 is 10.3 Å². The maximum absolute atomic E-state index is 13.9. The van der Waals surface area contributed by atoms with Crippen LogP contribution in [0.3, 0.4) is 0 Å². The molecule has 2 N–H and O–H groups in total. The summed E-state index contributed by atoms with van der Waals surface area (Å²) in [7, 11) is 0. The third-order valence-electron chi connectivity index (χ3n) is 4.67. The van der Waals surface area contributed by atoms with Crippen LogP contribution in [0, 0.1) is 11.6 Å². The van der Waals surface area contributed by atoms with Crippen molar-refractivity contribution in [2.75, 3.05) is 0 Å². The lowest BCUT2D eigenvalue weighted by molar-refractivity contribution is 0.0929. The van der Waals surface area contributed by atoms with Crippen LogP contribution < -0.4 is 5.32 Å². The molecule has 0 radical (unpaired) electrons. The van der Waals surface area contributed by atoms with Gasteiger partial charge >= 0.3 is 0 Å². The van der Waals surface area contributed by atoms with Crippen molar-refractivity contribution in [3.63, 3.8) is 0 Å². The maximum atomic E-state index is 13.9. The molecule has 1 atom stereocenters. The van der Waals surface area contributed by atoms with E-state index in [1.54, 1.807) is 6.07 Å². The van der Waals surface area contributed by atoms with Gasteiger partial charge in [0.15, 0.2) is 0 Å². The lowest BCUT2D eigenvalue weighted by Crippen LogP contribution is -2.39. The predicted molar refractivity (Wildman–Crippen MR) is 92.9 cm³/mol. The van der Waals surface area contributed by atoms with E-state index in [2.05, 4.69) is 10.3 Å². The first-order chi connectivity index (χ1) is 12.0. The molecule has 3 aromatic rings. The number of rotatable bonds is 2. The third-order valence-corrected chi connectivity index (χ3v) is 4.99. The van der Waals surface area contributed by atoms with Gasteiger partial charge in [-0.3, -0.25) is 4.79 Å². The third kappa shape index (κ3) is 2.89. The summed E-state index contributed by atoms with van der Waals surface area (Å²) in [4.78, 5) is 15.7. The van der Waals surface area contributed by atoms with Crippen molar-refractivity contribution in [1.29, 1.82) is 0 Å². The van der Waals surface area contributed by atoms with Gasteiger partial charge in [0.1, 0.15) is 11.6 Å². The molecule has 0 saturated heterocycles. The number of aromatic amines is 1. The van der Waals surface area contributed by atoms with E-state index < -0.39 is 11.7 Å². The molecule has 6 heteroatoms. The summed E-state index contributed by atoms with van der Waals surface area (Å²) in [5.41, 5.74) is 2.77. The van der Waals surface area contributed by atoms with Gasteiger partial charge in [-0.2, -0.15) is 0 Å². The summed E-state index contributed by atoms with van der Waals surface area (Å²) >= 11 is 5.96. The van der Waals surface area contributed by atoms with Gasteiger partial charge in [0.05, 0.1) is 10.6 Å². The quantitative estimate of drug-likeness (QED) is 0.699. The molecule has 128 valence electrons. The molecule has 0 fully saturated rings. The average Bonchev–Trinajstić information content (AvgIpc) is 2.91. The van der Waals surface area contributed by atoms with E-state index >= 15 is 0 Å². The molecular formula is C19H15ClF2N2O. The molecule has 0 bridgehead atoms. The maximum Gasteiger partial charge on any atom is 0.256 e. The molecule has 4 rings (SSSR count). The van der Waals surface area contributed by atoms with Gasteiger partial charge in [-0.25, -0.2) is 8.78 Å². The van der Waals surface area contributed by atoms with E-state index in [0.29, 0.717) is 6.42 Å². The number of nitrogens with one attached hydrogen (secondary N) is 2. The van der Waals surface area contributed by atoms with Crippen LogP contribution >= 0.6 is 11.6 Å². The summed E-state index contributed by atoms with van der Waals surface area (Å²) in [5.74, 6) is -1.43. The molecule has 1 amide bonds. The van der Waals surface area contributed by atoms with E-state index in [9.17, 15) is 13.6 Å². The Morgan fingerprint density at radius 2 is 2.08 bits per heavy atom. The second kappa shape index (κ2) is 6.15. The van der Waals surface area contributed by atoms with E-state index in [0.717, 1.165) is 35.0 Å². The van der Waals surface area contributed by atoms with Crippen molar-refractivity contribution < 1.29 is 13.6 Å². The number of halogens is 3. The van der Waals surface area contributed by atoms with Gasteiger partial charge in [0.2, 0.25) is 0 Å². The minimum atomic E-state index is -0.635. The fourth-order valence-electron chi connectivity index (χ4n) is 3.49. The van der Waals surface area contributed by atoms with Crippen LogP contribution in [0.15, 0.2) is 36.4 Å². The zero-order valence-electron chi connectivity index (χ0n) is 13.2. The Kier molecular flexibility index (Phi) is 3.96. The summed E-state index contributed by atoms with van der Waals surface area (Å²) in [6.07, 6.45) is 2.07. The molecule has 1 heterocycles. The van der Waals surface area contributed by atoms with Crippen molar-refractivity contribution >= 4 is 28.4 Å². The number of aryl methyl sites for hydroxylation is 1. The number of benzene rings is 2. The molecule has 0 aliphatic heterocycles. The average molecular weight is 361 g/mol. The molecule has 3 nitrogen and oxygen atoms in total. The molecule has 1 unspecified atom stereocenters. The van der Waals surface area contributed by atoms with Gasteiger partial charge in [-0.1, -0.05) is 17.7 Å². The van der Waals surface area contributed by atoms with Crippen LogP contribution in [-0.4, -0.2) is 16.9 Å². The lowest BCUT2D eigenvalue weighted by Gasteiger charge is -2.24. The Hall–Kier alpha value is -2.40. The number of fused-ring (bicyclic) bond motifs is 3. The highest BCUT2D eigenvalue weighted by atomic mass is 35.5. The Labute approximate surface area is 148 Å². The summed E-state index contributed by atoms with van der Waals surface area (Å²) in [5, 5.41) is 3.92. The van der Waals surface area contributed by atoms with Crippen LogP contribution in [0.2, 0.25) is 5.02 Å². The fourth-order valence-corrected chi connectivity index (χ4v) is 3.74. The highest BCUT2D eigenvalue weighted by Crippen LogP contribution is 2.30. The number of carbonyl (C=O) groups excluding carboxylic acids is 1. The first-order valence-electron chi connectivity index (χ1n) is 8.07. The number of hydrogen-bond acceptors (Lipinski definition) is 1. The summed E-state index contributed by atoms with van der Waals surface area (Å²) < 4.78 is 27.3. The SMILES string of the molecule is O=C(NC1CCc2[nH]c3cc(F)ccc3c2C1)c1c(F)cccc1Cl. The number of H-pyrrole nitrogens is 1. The van der Waals surface area contributed by atoms with Gasteiger partial charge in [0.25, 0.3) is 5.91 Å². The Bertz CT molecular complexity index is 963. The number of carbonyl (C=O) groups is 1. The van der Waals surface area contributed by atoms with E-state index in [-0.39, 0.29) is 22.4 Å². The second-order valence-electron chi connectivity index (χ2n) is 6.28. The minimum absolute atomic E-state index is 0.0940. The van der Waals surface area contributed by atoms with Gasteiger partial charge in [0, 0.05) is 22.6 Å². The number of hydrogen-bond donors (Lipinski definition) is 2. The normalized spacial score (nSPS) is 16.7. The molecule has 0 saturated carbocycles. The van der Waals surface area contributed by atoms with Crippen LogP contribution in [0.25, 0.3) is 10.9 Å². The molecule has 25 heavy (non-hydrogen) atoms. The molecule has 1 aromatic heterocycles. The van der Waals surface area contributed by atoms with Crippen LogP contribution in [0.5, 0.6) is 0 Å². The van der Waals surface area contributed by atoms with Crippen molar-refractivity contribution in [3.05, 3.63) is 69.9 Å². The van der Waals surface area contributed by atoms with Gasteiger partial charge in [-0.05, 0) is 55.2 Å². The first kappa shape index (κ1) is 16.1. The topological polar surface area (TPSA) is 44.9 Å². The first-order valence-corrected chi connectivity index (χ1v) is 8.44. The largest absolute Gasteiger partial charge is 0.358 e. The fraction of sp³-hybridized carbons (Fsp3) is 0.211. The molecule has 1 aliphatic carbocycles. The van der Waals surface area contributed by atoms with Crippen molar-refractivity contribution in [2.24, 2.45) is 0 Å². The Morgan fingerprint density at radius 1 is 1.24 bits per heavy atom. The molecular weight excluding hydrogens is 346 g/mol. The zero-order valence-corrected chi connectivity index (χ0v) is 14.0.